The number of carbonyl (C=O) groups is 1. The molecule has 0 amide bonds. The molecule has 0 aromatic rings. The highest BCUT2D eigenvalue weighted by Crippen LogP contribution is 2.32. The van der Waals surface area contributed by atoms with Gasteiger partial charge in [0.15, 0.2) is 0 Å². The number of rotatable bonds is 4. The van der Waals surface area contributed by atoms with Crippen LogP contribution >= 0.6 is 0 Å². The van der Waals surface area contributed by atoms with Gasteiger partial charge in [0.1, 0.15) is 0 Å². The van der Waals surface area contributed by atoms with Crippen LogP contribution in [0.5, 0.6) is 0 Å². The van der Waals surface area contributed by atoms with Gasteiger partial charge in [-0.3, -0.25) is 9.69 Å². The molecule has 2 aliphatic heterocycles. The zero-order chi connectivity index (χ0) is 12.5. The van der Waals surface area contributed by atoms with Crippen molar-refractivity contribution in [3.05, 3.63) is 0 Å². The van der Waals surface area contributed by atoms with E-state index in [9.17, 15) is 4.79 Å². The molecule has 0 aliphatic carbocycles. The third-order valence-electron chi connectivity index (χ3n) is 4.54. The Labute approximate surface area is 103 Å². The molecule has 4 heteroatoms. The van der Waals surface area contributed by atoms with Gasteiger partial charge in [0.05, 0.1) is 12.0 Å². The van der Waals surface area contributed by atoms with Gasteiger partial charge < -0.3 is 10.4 Å². The Kier molecular flexibility index (Phi) is 3.73. The molecular formula is C13H24N2O2. The highest BCUT2D eigenvalue weighted by atomic mass is 16.4. The molecule has 98 valence electrons. The van der Waals surface area contributed by atoms with Crippen LogP contribution in [0.25, 0.3) is 0 Å². The SMILES string of the molecule is CC(C)C1CCN(C2(CC(=O)O)CNC2)CC1. The summed E-state index contributed by atoms with van der Waals surface area (Å²) in [6, 6.07) is 0. The van der Waals surface area contributed by atoms with Crippen LogP contribution in [0.3, 0.4) is 0 Å². The van der Waals surface area contributed by atoms with Crippen molar-refractivity contribution in [2.24, 2.45) is 11.8 Å². The number of nitrogens with zero attached hydrogens (tertiary/aromatic N) is 1. The van der Waals surface area contributed by atoms with Crippen LogP contribution in [0.4, 0.5) is 0 Å². The molecule has 0 unspecified atom stereocenters. The second-order valence-corrected chi connectivity index (χ2v) is 5.97. The van der Waals surface area contributed by atoms with E-state index in [1.54, 1.807) is 0 Å². The van der Waals surface area contributed by atoms with Crippen LogP contribution in [0, 0.1) is 11.8 Å². The lowest BCUT2D eigenvalue weighted by molar-refractivity contribution is -0.142. The van der Waals surface area contributed by atoms with Crippen molar-refractivity contribution in [3.8, 4) is 0 Å². The van der Waals surface area contributed by atoms with Gasteiger partial charge in [-0.1, -0.05) is 13.8 Å². The number of carboxylic acid groups (broad SMARTS) is 1. The maximum atomic E-state index is 11.0. The number of hydrogen-bond donors (Lipinski definition) is 2. The second kappa shape index (κ2) is 4.94. The van der Waals surface area contributed by atoms with Crippen LogP contribution in [0.2, 0.25) is 0 Å². The molecule has 0 spiro atoms. The minimum absolute atomic E-state index is 0.0895. The summed E-state index contributed by atoms with van der Waals surface area (Å²) in [5.74, 6) is 0.908. The largest absolute Gasteiger partial charge is 0.481 e. The highest BCUT2D eigenvalue weighted by molar-refractivity contribution is 5.68. The van der Waals surface area contributed by atoms with Crippen molar-refractivity contribution in [2.75, 3.05) is 26.2 Å². The molecule has 0 saturated carbocycles. The molecule has 0 bridgehead atoms. The average Bonchev–Trinajstić information content (AvgIpc) is 2.23. The van der Waals surface area contributed by atoms with E-state index in [2.05, 4.69) is 24.1 Å². The van der Waals surface area contributed by atoms with E-state index >= 15 is 0 Å². The Morgan fingerprint density at radius 3 is 2.35 bits per heavy atom. The molecule has 2 fully saturated rings. The van der Waals surface area contributed by atoms with E-state index in [-0.39, 0.29) is 12.0 Å². The summed E-state index contributed by atoms with van der Waals surface area (Å²) in [5, 5.41) is 12.3. The van der Waals surface area contributed by atoms with Crippen molar-refractivity contribution >= 4 is 5.97 Å². The molecule has 2 saturated heterocycles. The van der Waals surface area contributed by atoms with Gasteiger partial charge in [-0.2, -0.15) is 0 Å². The third-order valence-corrected chi connectivity index (χ3v) is 4.54. The Balaban J connectivity index is 1.92. The predicted molar refractivity (Wildman–Crippen MR) is 67.0 cm³/mol. The molecule has 0 radical (unpaired) electrons. The Morgan fingerprint density at radius 2 is 2.00 bits per heavy atom. The standard InChI is InChI=1S/C13H24N2O2/c1-10(2)11-3-5-15(6-4-11)13(7-12(16)17)8-14-9-13/h10-11,14H,3-9H2,1-2H3,(H,16,17). The number of piperidine rings is 1. The lowest BCUT2D eigenvalue weighted by atomic mass is 9.81. The van der Waals surface area contributed by atoms with Crippen molar-refractivity contribution in [2.45, 2.75) is 38.6 Å². The fourth-order valence-electron chi connectivity index (χ4n) is 3.20. The fraction of sp³-hybridized carbons (Fsp3) is 0.923. The normalized spacial score (nSPS) is 25.8. The van der Waals surface area contributed by atoms with Gasteiger partial charge in [-0.25, -0.2) is 0 Å². The first-order valence-corrected chi connectivity index (χ1v) is 6.71. The van der Waals surface area contributed by atoms with Crippen molar-refractivity contribution < 1.29 is 9.90 Å². The van der Waals surface area contributed by atoms with E-state index in [0.29, 0.717) is 0 Å². The van der Waals surface area contributed by atoms with Gasteiger partial charge in [0.2, 0.25) is 0 Å². The first kappa shape index (κ1) is 12.8. The van der Waals surface area contributed by atoms with E-state index in [1.807, 2.05) is 0 Å². The average molecular weight is 240 g/mol. The Hall–Kier alpha value is -0.610. The summed E-state index contributed by atoms with van der Waals surface area (Å²) in [6.45, 7) is 8.39. The maximum Gasteiger partial charge on any atom is 0.305 e. The van der Waals surface area contributed by atoms with Crippen LogP contribution in [-0.4, -0.2) is 47.7 Å². The van der Waals surface area contributed by atoms with Crippen molar-refractivity contribution in [1.82, 2.24) is 10.2 Å². The topological polar surface area (TPSA) is 52.6 Å². The Bertz CT molecular complexity index is 279. The van der Waals surface area contributed by atoms with Crippen molar-refractivity contribution in [1.29, 1.82) is 0 Å². The Morgan fingerprint density at radius 1 is 1.41 bits per heavy atom. The number of aliphatic carboxylic acids is 1. The first-order valence-electron chi connectivity index (χ1n) is 6.71. The quantitative estimate of drug-likeness (QED) is 0.774. The summed E-state index contributed by atoms with van der Waals surface area (Å²) >= 11 is 0. The molecular weight excluding hydrogens is 216 g/mol. The number of hydrogen-bond acceptors (Lipinski definition) is 3. The molecule has 2 rings (SSSR count). The van der Waals surface area contributed by atoms with Gasteiger partial charge in [0, 0.05) is 13.1 Å². The lowest BCUT2D eigenvalue weighted by Crippen LogP contribution is -2.70. The monoisotopic (exact) mass is 240 g/mol. The summed E-state index contributed by atoms with van der Waals surface area (Å²) in [5.41, 5.74) is -0.0895. The number of carboxylic acids is 1. The summed E-state index contributed by atoms with van der Waals surface area (Å²) in [7, 11) is 0. The minimum Gasteiger partial charge on any atom is -0.481 e. The molecule has 0 aromatic heterocycles. The number of nitrogens with one attached hydrogen (secondary N) is 1. The maximum absolute atomic E-state index is 11.0. The van der Waals surface area contributed by atoms with Gasteiger partial charge in [-0.15, -0.1) is 0 Å². The molecule has 0 atom stereocenters. The minimum atomic E-state index is -0.669. The summed E-state index contributed by atoms with van der Waals surface area (Å²) in [6.07, 6.45) is 2.73. The van der Waals surface area contributed by atoms with Crippen LogP contribution in [-0.2, 0) is 4.79 Å². The van der Waals surface area contributed by atoms with E-state index in [0.717, 1.165) is 38.0 Å². The van der Waals surface area contributed by atoms with E-state index < -0.39 is 5.97 Å². The molecule has 2 heterocycles. The predicted octanol–water partition coefficient (Wildman–Crippen LogP) is 1.17. The molecule has 2 N–H and O–H groups in total. The van der Waals surface area contributed by atoms with Gasteiger partial charge in [-0.05, 0) is 37.8 Å². The summed E-state index contributed by atoms with van der Waals surface area (Å²) < 4.78 is 0. The van der Waals surface area contributed by atoms with Crippen molar-refractivity contribution in [3.63, 3.8) is 0 Å². The third kappa shape index (κ3) is 2.63. The van der Waals surface area contributed by atoms with Gasteiger partial charge >= 0.3 is 5.97 Å². The van der Waals surface area contributed by atoms with Gasteiger partial charge in [0.25, 0.3) is 0 Å². The number of likely N-dealkylation sites (tertiary alicyclic amines) is 1. The second-order valence-electron chi connectivity index (χ2n) is 5.97. The zero-order valence-electron chi connectivity index (χ0n) is 10.9. The van der Waals surface area contributed by atoms with E-state index in [1.165, 1.54) is 12.8 Å². The highest BCUT2D eigenvalue weighted by Gasteiger charge is 2.45. The fourth-order valence-corrected chi connectivity index (χ4v) is 3.20. The van der Waals surface area contributed by atoms with Crippen LogP contribution in [0.15, 0.2) is 0 Å². The molecule has 17 heavy (non-hydrogen) atoms. The van der Waals surface area contributed by atoms with E-state index in [4.69, 9.17) is 5.11 Å². The first-order chi connectivity index (χ1) is 8.03. The lowest BCUT2D eigenvalue weighted by Gasteiger charge is -2.52. The van der Waals surface area contributed by atoms with Crippen LogP contribution < -0.4 is 5.32 Å². The summed E-state index contributed by atoms with van der Waals surface area (Å²) in [4.78, 5) is 13.4. The van der Waals surface area contributed by atoms with Crippen LogP contribution in [0.1, 0.15) is 33.1 Å². The molecule has 2 aliphatic rings. The molecule has 4 nitrogen and oxygen atoms in total. The zero-order valence-corrected chi connectivity index (χ0v) is 10.9. The molecule has 0 aromatic carbocycles. The smallest absolute Gasteiger partial charge is 0.305 e.